The first-order valence-corrected chi connectivity index (χ1v) is 10.8. The molecule has 2 aromatic heterocycles. The number of hydrogen-bond donors (Lipinski definition) is 2. The van der Waals surface area contributed by atoms with Gasteiger partial charge in [-0.1, -0.05) is 18.2 Å². The molecule has 152 valence electrons. The van der Waals surface area contributed by atoms with Crippen molar-refractivity contribution in [1.82, 2.24) is 15.0 Å². The Balaban J connectivity index is 1.18. The van der Waals surface area contributed by atoms with Gasteiger partial charge < -0.3 is 19.8 Å². The predicted molar refractivity (Wildman–Crippen MR) is 113 cm³/mol. The van der Waals surface area contributed by atoms with E-state index in [1.807, 2.05) is 30.5 Å². The van der Waals surface area contributed by atoms with Crippen LogP contribution in [0, 0.1) is 0 Å². The minimum atomic E-state index is 0.234. The molecule has 1 aliphatic heterocycles. The van der Waals surface area contributed by atoms with Gasteiger partial charge in [-0.05, 0) is 62.6 Å². The molecule has 1 aromatic carbocycles. The molecule has 1 saturated carbocycles. The molecule has 6 nitrogen and oxygen atoms in total. The van der Waals surface area contributed by atoms with E-state index in [0.717, 1.165) is 74.6 Å². The first-order valence-electron chi connectivity index (χ1n) is 10.8. The van der Waals surface area contributed by atoms with Crippen molar-refractivity contribution in [3.63, 3.8) is 0 Å². The third-order valence-corrected chi connectivity index (χ3v) is 6.14. The Morgan fingerprint density at radius 2 is 1.79 bits per heavy atom. The van der Waals surface area contributed by atoms with Crippen LogP contribution in [0.25, 0.3) is 11.0 Å². The molecule has 2 fully saturated rings. The number of fused-ring (bicyclic) bond motifs is 1. The molecule has 1 saturated heterocycles. The molecule has 1 aliphatic carbocycles. The number of aromatic nitrogens is 3. The lowest BCUT2D eigenvalue weighted by Gasteiger charge is -2.30. The first-order chi connectivity index (χ1) is 14.3. The first kappa shape index (κ1) is 18.4. The van der Waals surface area contributed by atoms with Gasteiger partial charge in [-0.2, -0.15) is 0 Å². The van der Waals surface area contributed by atoms with Crippen LogP contribution < -0.4 is 10.1 Å². The molecular weight excluding hydrogens is 364 g/mol. The molecule has 0 atom stereocenters. The van der Waals surface area contributed by atoms with Gasteiger partial charge in [0.05, 0.1) is 11.0 Å². The summed E-state index contributed by atoms with van der Waals surface area (Å²) in [6, 6.07) is 12.7. The summed E-state index contributed by atoms with van der Waals surface area (Å²) in [7, 11) is 0. The molecule has 0 radical (unpaired) electrons. The fourth-order valence-electron chi connectivity index (χ4n) is 4.52. The highest BCUT2D eigenvalue weighted by Gasteiger charge is 2.26. The van der Waals surface area contributed by atoms with Gasteiger partial charge in [0.1, 0.15) is 6.10 Å². The van der Waals surface area contributed by atoms with Crippen LogP contribution in [0.3, 0.4) is 0 Å². The minimum Gasteiger partial charge on any atom is -0.474 e. The highest BCUT2D eigenvalue weighted by Crippen LogP contribution is 2.34. The van der Waals surface area contributed by atoms with E-state index in [2.05, 4.69) is 32.4 Å². The van der Waals surface area contributed by atoms with Gasteiger partial charge in [-0.15, -0.1) is 0 Å². The van der Waals surface area contributed by atoms with Gasteiger partial charge in [0.15, 0.2) is 0 Å². The number of imidazole rings is 1. The van der Waals surface area contributed by atoms with E-state index in [1.54, 1.807) is 0 Å². The lowest BCUT2D eigenvalue weighted by Crippen LogP contribution is -2.32. The predicted octanol–water partition coefficient (Wildman–Crippen LogP) is 4.65. The maximum absolute atomic E-state index is 6.38. The van der Waals surface area contributed by atoms with Gasteiger partial charge in [-0.3, -0.25) is 0 Å². The SMILES string of the molecule is c1cnc(OC2CCC(Nc3nc4ccccc4[nH]3)CC2)c(C2CCOCC2)c1. The quantitative estimate of drug-likeness (QED) is 0.661. The third kappa shape index (κ3) is 4.22. The summed E-state index contributed by atoms with van der Waals surface area (Å²) >= 11 is 0. The smallest absolute Gasteiger partial charge is 0.217 e. The van der Waals surface area contributed by atoms with E-state index in [0.29, 0.717) is 12.0 Å². The van der Waals surface area contributed by atoms with Crippen molar-refractivity contribution in [2.45, 2.75) is 56.6 Å². The monoisotopic (exact) mass is 392 g/mol. The van der Waals surface area contributed by atoms with Crippen molar-refractivity contribution in [3.8, 4) is 5.88 Å². The lowest BCUT2D eigenvalue weighted by atomic mass is 9.91. The number of ether oxygens (including phenoxy) is 2. The second kappa shape index (κ2) is 8.41. The Morgan fingerprint density at radius 3 is 2.62 bits per heavy atom. The molecule has 0 unspecified atom stereocenters. The summed E-state index contributed by atoms with van der Waals surface area (Å²) in [5, 5.41) is 3.57. The molecule has 0 bridgehead atoms. The molecule has 0 amide bonds. The number of benzene rings is 1. The van der Waals surface area contributed by atoms with Crippen LogP contribution in [0.15, 0.2) is 42.6 Å². The number of nitrogens with one attached hydrogen (secondary N) is 2. The zero-order valence-electron chi connectivity index (χ0n) is 16.6. The molecule has 2 aliphatic rings. The van der Waals surface area contributed by atoms with Crippen molar-refractivity contribution in [2.75, 3.05) is 18.5 Å². The Morgan fingerprint density at radius 1 is 0.966 bits per heavy atom. The fraction of sp³-hybridized carbons (Fsp3) is 0.478. The summed E-state index contributed by atoms with van der Waals surface area (Å²) in [6.07, 6.45) is 8.38. The average Bonchev–Trinajstić information content (AvgIpc) is 3.18. The Bertz CT molecular complexity index is 910. The highest BCUT2D eigenvalue weighted by atomic mass is 16.5. The van der Waals surface area contributed by atoms with Crippen LogP contribution in [0.2, 0.25) is 0 Å². The number of H-pyrrole nitrogens is 1. The normalized spacial score (nSPS) is 23.2. The molecule has 3 aromatic rings. The van der Waals surface area contributed by atoms with Gasteiger partial charge in [0.25, 0.3) is 0 Å². The minimum absolute atomic E-state index is 0.234. The lowest BCUT2D eigenvalue weighted by molar-refractivity contribution is 0.0829. The van der Waals surface area contributed by atoms with Crippen molar-refractivity contribution < 1.29 is 9.47 Å². The second-order valence-corrected chi connectivity index (χ2v) is 8.12. The summed E-state index contributed by atoms with van der Waals surface area (Å²) < 4.78 is 11.9. The molecule has 3 heterocycles. The maximum atomic E-state index is 6.38. The van der Waals surface area contributed by atoms with E-state index >= 15 is 0 Å². The van der Waals surface area contributed by atoms with Crippen LogP contribution in [-0.4, -0.2) is 40.3 Å². The highest BCUT2D eigenvalue weighted by molar-refractivity contribution is 5.77. The van der Waals surface area contributed by atoms with Crippen molar-refractivity contribution >= 4 is 17.0 Å². The second-order valence-electron chi connectivity index (χ2n) is 8.12. The Labute approximate surface area is 171 Å². The van der Waals surface area contributed by atoms with E-state index in [1.165, 1.54) is 5.56 Å². The van der Waals surface area contributed by atoms with Crippen molar-refractivity contribution in [1.29, 1.82) is 0 Å². The number of rotatable bonds is 5. The summed E-state index contributed by atoms with van der Waals surface area (Å²) in [5.41, 5.74) is 3.32. The number of nitrogens with zero attached hydrogens (tertiary/aromatic N) is 2. The van der Waals surface area contributed by atoms with Crippen molar-refractivity contribution in [2.24, 2.45) is 0 Å². The summed E-state index contributed by atoms with van der Waals surface area (Å²) in [6.45, 7) is 1.66. The van der Waals surface area contributed by atoms with Gasteiger partial charge >= 0.3 is 0 Å². The summed E-state index contributed by atoms with van der Waals surface area (Å²) in [5.74, 6) is 2.19. The number of anilines is 1. The van der Waals surface area contributed by atoms with E-state index < -0.39 is 0 Å². The van der Waals surface area contributed by atoms with Gasteiger partial charge in [-0.25, -0.2) is 9.97 Å². The van der Waals surface area contributed by atoms with Crippen molar-refractivity contribution in [3.05, 3.63) is 48.2 Å². The number of aromatic amines is 1. The van der Waals surface area contributed by atoms with Crippen LogP contribution >= 0.6 is 0 Å². The van der Waals surface area contributed by atoms with E-state index in [4.69, 9.17) is 9.47 Å². The Kier molecular flexibility index (Phi) is 5.35. The van der Waals surface area contributed by atoms with Gasteiger partial charge in [0.2, 0.25) is 11.8 Å². The number of pyridine rings is 1. The molecule has 0 spiro atoms. The van der Waals surface area contributed by atoms with Crippen LogP contribution in [0.1, 0.15) is 50.0 Å². The third-order valence-electron chi connectivity index (χ3n) is 6.14. The average molecular weight is 393 g/mol. The standard InChI is InChI=1S/C23H28N4O2/c1-2-6-21-20(5-1)26-23(27-21)25-17-7-9-18(10-8-17)29-22-19(4-3-13-24-22)16-11-14-28-15-12-16/h1-6,13,16-18H,7-12,14-15H2,(H2,25,26,27). The zero-order valence-corrected chi connectivity index (χ0v) is 16.6. The molecule has 5 rings (SSSR count). The molecule has 2 N–H and O–H groups in total. The topological polar surface area (TPSA) is 72.1 Å². The summed E-state index contributed by atoms with van der Waals surface area (Å²) in [4.78, 5) is 12.6. The Hall–Kier alpha value is -2.60. The number of hydrogen-bond acceptors (Lipinski definition) is 5. The molecule has 6 heteroatoms. The largest absolute Gasteiger partial charge is 0.474 e. The zero-order chi connectivity index (χ0) is 19.5. The van der Waals surface area contributed by atoms with Crippen LogP contribution in [0.4, 0.5) is 5.95 Å². The molecular formula is C23H28N4O2. The fourth-order valence-corrected chi connectivity index (χ4v) is 4.52. The van der Waals surface area contributed by atoms with Crippen LogP contribution in [-0.2, 0) is 4.74 Å². The molecule has 29 heavy (non-hydrogen) atoms. The van der Waals surface area contributed by atoms with Crippen LogP contribution in [0.5, 0.6) is 5.88 Å². The van der Waals surface area contributed by atoms with E-state index in [9.17, 15) is 0 Å². The number of para-hydroxylation sites is 2. The van der Waals surface area contributed by atoms with E-state index in [-0.39, 0.29) is 6.10 Å². The maximum Gasteiger partial charge on any atom is 0.217 e. The van der Waals surface area contributed by atoms with Gasteiger partial charge in [0, 0.05) is 31.0 Å².